The molecule has 6 heteroatoms. The number of hydrogen-bond donors (Lipinski definition) is 3. The lowest BCUT2D eigenvalue weighted by Gasteiger charge is -2.21. The first-order chi connectivity index (χ1) is 10.5. The minimum absolute atomic E-state index is 0.0144. The standard InChI is InChI=1S/C16H18N2O4/c1-11(16(20)12-5-3-2-4-6-12)17-10-13-9-14(18(21)22)7-8-15(13)19/h2-9,11,16-17,19-20H,10H2,1H3/t11-,16-/m0/s1. The molecule has 3 N–H and O–H groups in total. The van der Waals surface area contributed by atoms with E-state index in [0.717, 1.165) is 5.56 Å². The normalized spacial score (nSPS) is 13.5. The number of hydrogen-bond acceptors (Lipinski definition) is 5. The number of aliphatic hydroxyl groups excluding tert-OH is 1. The number of nitrogens with one attached hydrogen (secondary N) is 1. The predicted molar refractivity (Wildman–Crippen MR) is 82.5 cm³/mol. The molecule has 0 radical (unpaired) electrons. The number of nitrogens with zero attached hydrogens (tertiary/aromatic N) is 1. The summed E-state index contributed by atoms with van der Waals surface area (Å²) in [6, 6.07) is 12.8. The number of nitro benzene ring substituents is 1. The van der Waals surface area contributed by atoms with Crippen LogP contribution in [0.15, 0.2) is 48.5 Å². The molecule has 0 saturated carbocycles. The highest BCUT2D eigenvalue weighted by Crippen LogP contribution is 2.23. The van der Waals surface area contributed by atoms with Gasteiger partial charge in [-0.25, -0.2) is 0 Å². The molecule has 0 amide bonds. The van der Waals surface area contributed by atoms with Crippen LogP contribution in [-0.2, 0) is 6.54 Å². The monoisotopic (exact) mass is 302 g/mol. The molecule has 0 spiro atoms. The average Bonchev–Trinajstić information content (AvgIpc) is 2.53. The fourth-order valence-electron chi connectivity index (χ4n) is 2.15. The van der Waals surface area contributed by atoms with Gasteiger partial charge in [-0.05, 0) is 18.6 Å². The fourth-order valence-corrected chi connectivity index (χ4v) is 2.15. The van der Waals surface area contributed by atoms with E-state index >= 15 is 0 Å². The Hall–Kier alpha value is -2.44. The number of benzene rings is 2. The van der Waals surface area contributed by atoms with Gasteiger partial charge in [-0.1, -0.05) is 30.3 Å². The minimum atomic E-state index is -0.706. The molecule has 2 atom stereocenters. The molecule has 0 fully saturated rings. The third kappa shape index (κ3) is 3.81. The van der Waals surface area contributed by atoms with Crippen LogP contribution in [0.3, 0.4) is 0 Å². The molecular formula is C16H18N2O4. The molecule has 0 bridgehead atoms. The summed E-state index contributed by atoms with van der Waals surface area (Å²) in [5.74, 6) is -0.0144. The van der Waals surface area contributed by atoms with Gasteiger partial charge in [-0.15, -0.1) is 0 Å². The maximum absolute atomic E-state index is 10.8. The van der Waals surface area contributed by atoms with E-state index < -0.39 is 11.0 Å². The van der Waals surface area contributed by atoms with Gasteiger partial charge in [0.15, 0.2) is 0 Å². The quantitative estimate of drug-likeness (QED) is 0.563. The average molecular weight is 302 g/mol. The summed E-state index contributed by atoms with van der Waals surface area (Å²) in [7, 11) is 0. The highest BCUT2D eigenvalue weighted by atomic mass is 16.6. The fraction of sp³-hybridized carbons (Fsp3) is 0.250. The molecule has 116 valence electrons. The molecule has 0 saturated heterocycles. The van der Waals surface area contributed by atoms with Crippen molar-refractivity contribution in [1.82, 2.24) is 5.32 Å². The Morgan fingerprint density at radius 1 is 1.23 bits per heavy atom. The van der Waals surface area contributed by atoms with E-state index in [1.165, 1.54) is 18.2 Å². The summed E-state index contributed by atoms with van der Waals surface area (Å²) in [5.41, 5.74) is 1.12. The Bertz CT molecular complexity index is 646. The van der Waals surface area contributed by atoms with Crippen molar-refractivity contribution < 1.29 is 15.1 Å². The van der Waals surface area contributed by atoms with Gasteiger partial charge in [0.2, 0.25) is 0 Å². The van der Waals surface area contributed by atoms with E-state index in [-0.39, 0.29) is 24.0 Å². The second-order valence-corrected chi connectivity index (χ2v) is 5.10. The first-order valence-corrected chi connectivity index (χ1v) is 6.91. The zero-order chi connectivity index (χ0) is 16.1. The molecule has 2 rings (SSSR count). The summed E-state index contributed by atoms with van der Waals surface area (Å²) < 4.78 is 0. The van der Waals surface area contributed by atoms with Crippen molar-refractivity contribution in [2.75, 3.05) is 0 Å². The number of aliphatic hydroxyl groups is 1. The molecule has 0 aliphatic carbocycles. The highest BCUT2D eigenvalue weighted by Gasteiger charge is 2.17. The summed E-state index contributed by atoms with van der Waals surface area (Å²) in [6.07, 6.45) is -0.706. The lowest BCUT2D eigenvalue weighted by Crippen LogP contribution is -2.31. The largest absolute Gasteiger partial charge is 0.508 e. The van der Waals surface area contributed by atoms with Crippen molar-refractivity contribution >= 4 is 5.69 Å². The van der Waals surface area contributed by atoms with E-state index in [9.17, 15) is 20.3 Å². The zero-order valence-electron chi connectivity index (χ0n) is 12.1. The van der Waals surface area contributed by atoms with E-state index in [2.05, 4.69) is 5.32 Å². The molecule has 22 heavy (non-hydrogen) atoms. The van der Waals surface area contributed by atoms with Crippen molar-refractivity contribution in [3.8, 4) is 5.75 Å². The third-order valence-electron chi connectivity index (χ3n) is 3.50. The van der Waals surface area contributed by atoms with Gasteiger partial charge in [0.25, 0.3) is 5.69 Å². The smallest absolute Gasteiger partial charge is 0.270 e. The molecule has 0 aliphatic rings. The lowest BCUT2D eigenvalue weighted by atomic mass is 10.0. The molecule has 0 heterocycles. The molecule has 2 aromatic carbocycles. The highest BCUT2D eigenvalue weighted by molar-refractivity contribution is 5.42. The Kier molecular flexibility index (Phi) is 5.08. The summed E-state index contributed by atoms with van der Waals surface area (Å²) >= 11 is 0. The maximum Gasteiger partial charge on any atom is 0.270 e. The van der Waals surface area contributed by atoms with Gasteiger partial charge in [0.05, 0.1) is 11.0 Å². The van der Waals surface area contributed by atoms with Gasteiger partial charge in [0, 0.05) is 30.3 Å². The number of rotatable bonds is 6. The minimum Gasteiger partial charge on any atom is -0.508 e. The number of phenols is 1. The predicted octanol–water partition coefficient (Wildman–Crippen LogP) is 2.51. The molecule has 0 aromatic heterocycles. The van der Waals surface area contributed by atoms with Gasteiger partial charge in [-0.3, -0.25) is 10.1 Å². The number of aromatic hydroxyl groups is 1. The molecule has 6 nitrogen and oxygen atoms in total. The summed E-state index contributed by atoms with van der Waals surface area (Å²) in [4.78, 5) is 10.3. The van der Waals surface area contributed by atoms with E-state index in [1.54, 1.807) is 0 Å². The van der Waals surface area contributed by atoms with Crippen molar-refractivity contribution in [3.05, 3.63) is 69.8 Å². The van der Waals surface area contributed by atoms with Crippen LogP contribution in [0.5, 0.6) is 5.75 Å². The van der Waals surface area contributed by atoms with Crippen molar-refractivity contribution in [1.29, 1.82) is 0 Å². The first kappa shape index (κ1) is 15.9. The van der Waals surface area contributed by atoms with E-state index in [0.29, 0.717) is 5.56 Å². The van der Waals surface area contributed by atoms with Crippen LogP contribution in [0, 0.1) is 10.1 Å². The van der Waals surface area contributed by atoms with Crippen LogP contribution in [-0.4, -0.2) is 21.2 Å². The Morgan fingerprint density at radius 2 is 1.91 bits per heavy atom. The van der Waals surface area contributed by atoms with Gasteiger partial charge >= 0.3 is 0 Å². The summed E-state index contributed by atoms with van der Waals surface area (Å²) in [5, 5.41) is 33.8. The van der Waals surface area contributed by atoms with Gasteiger partial charge < -0.3 is 15.5 Å². The Balaban J connectivity index is 2.03. The molecule has 0 aliphatic heterocycles. The van der Waals surface area contributed by atoms with Crippen LogP contribution in [0.2, 0.25) is 0 Å². The van der Waals surface area contributed by atoms with Crippen molar-refractivity contribution in [2.24, 2.45) is 0 Å². The van der Waals surface area contributed by atoms with E-state index in [1.807, 2.05) is 37.3 Å². The lowest BCUT2D eigenvalue weighted by molar-refractivity contribution is -0.384. The topological polar surface area (TPSA) is 95.6 Å². The molecule has 2 aromatic rings. The van der Waals surface area contributed by atoms with Crippen LogP contribution in [0.25, 0.3) is 0 Å². The SMILES string of the molecule is C[C@H](NCc1cc([N+](=O)[O-])ccc1O)[C@H](O)c1ccccc1. The molecule has 0 unspecified atom stereocenters. The van der Waals surface area contributed by atoms with Gasteiger partial charge in [0.1, 0.15) is 5.75 Å². The number of phenolic OH excluding ortho intramolecular Hbond substituents is 1. The van der Waals surface area contributed by atoms with Crippen LogP contribution >= 0.6 is 0 Å². The second-order valence-electron chi connectivity index (χ2n) is 5.10. The molecular weight excluding hydrogens is 284 g/mol. The third-order valence-corrected chi connectivity index (χ3v) is 3.50. The zero-order valence-corrected chi connectivity index (χ0v) is 12.1. The Labute approximate surface area is 128 Å². The van der Waals surface area contributed by atoms with Crippen LogP contribution in [0.4, 0.5) is 5.69 Å². The first-order valence-electron chi connectivity index (χ1n) is 6.91. The Morgan fingerprint density at radius 3 is 2.55 bits per heavy atom. The van der Waals surface area contributed by atoms with Crippen molar-refractivity contribution in [3.63, 3.8) is 0 Å². The second kappa shape index (κ2) is 7.02. The maximum atomic E-state index is 10.8. The number of nitro groups is 1. The van der Waals surface area contributed by atoms with Crippen molar-refractivity contribution in [2.45, 2.75) is 25.6 Å². The van der Waals surface area contributed by atoms with E-state index in [4.69, 9.17) is 0 Å². The van der Waals surface area contributed by atoms with Gasteiger partial charge in [-0.2, -0.15) is 0 Å². The van der Waals surface area contributed by atoms with Crippen LogP contribution in [0.1, 0.15) is 24.2 Å². The summed E-state index contributed by atoms with van der Waals surface area (Å²) in [6.45, 7) is 2.03. The van der Waals surface area contributed by atoms with Crippen LogP contribution < -0.4 is 5.32 Å². The number of non-ortho nitro benzene ring substituents is 1.